The van der Waals surface area contributed by atoms with Crippen molar-refractivity contribution < 1.29 is 4.79 Å². The molecule has 1 heterocycles. The molecular weight excluding hydrogens is 256 g/mol. The zero-order valence-corrected chi connectivity index (χ0v) is 11.8. The molecule has 0 unspecified atom stereocenters. The number of H-pyrrole nitrogens is 1. The van der Waals surface area contributed by atoms with E-state index in [1.807, 2.05) is 19.0 Å². The third-order valence-electron chi connectivity index (χ3n) is 2.96. The zero-order chi connectivity index (χ0) is 14.5. The van der Waals surface area contributed by atoms with Crippen LogP contribution in [0.2, 0.25) is 0 Å². The van der Waals surface area contributed by atoms with Crippen LogP contribution >= 0.6 is 0 Å². The Morgan fingerprint density at radius 3 is 2.95 bits per heavy atom. The van der Waals surface area contributed by atoms with Gasteiger partial charge in [-0.1, -0.05) is 6.08 Å². The van der Waals surface area contributed by atoms with Gasteiger partial charge in [0, 0.05) is 24.6 Å². The number of hydrogen-bond donors (Lipinski definition) is 2. The minimum absolute atomic E-state index is 0.158. The van der Waals surface area contributed by atoms with E-state index in [4.69, 9.17) is 0 Å². The molecule has 1 amide bonds. The van der Waals surface area contributed by atoms with Gasteiger partial charge in [-0.25, -0.2) is 4.98 Å². The summed E-state index contributed by atoms with van der Waals surface area (Å²) in [6, 6.07) is 1.43. The summed E-state index contributed by atoms with van der Waals surface area (Å²) in [5.41, 5.74) is 0.444. The topological polar surface area (TPSA) is 78.1 Å². The number of aromatic amines is 1. The lowest BCUT2D eigenvalue weighted by molar-refractivity contribution is -0.116. The Bertz CT molecular complexity index is 559. The highest BCUT2D eigenvalue weighted by atomic mass is 16.1. The molecule has 20 heavy (non-hydrogen) atoms. The number of nitrogens with one attached hydrogen (secondary N) is 2. The van der Waals surface area contributed by atoms with Crippen molar-refractivity contribution in [2.75, 3.05) is 20.6 Å². The highest BCUT2D eigenvalue weighted by molar-refractivity contribution is 5.87. The van der Waals surface area contributed by atoms with Gasteiger partial charge >= 0.3 is 0 Å². The summed E-state index contributed by atoms with van der Waals surface area (Å²) in [7, 11) is 3.86. The van der Waals surface area contributed by atoms with E-state index in [0.29, 0.717) is 18.2 Å². The van der Waals surface area contributed by atoms with E-state index in [0.717, 1.165) is 18.7 Å². The highest BCUT2D eigenvalue weighted by Crippen LogP contribution is 2.37. The Kier molecular flexibility index (Phi) is 4.68. The predicted octanol–water partition coefficient (Wildman–Crippen LogP) is 0.381. The van der Waals surface area contributed by atoms with E-state index in [1.165, 1.54) is 12.1 Å². The van der Waals surface area contributed by atoms with E-state index in [9.17, 15) is 9.59 Å². The molecule has 0 saturated heterocycles. The van der Waals surface area contributed by atoms with Crippen LogP contribution in [0.5, 0.6) is 0 Å². The number of likely N-dealkylation sites (N-methyl/N-ethyl adjacent to an activating group) is 1. The van der Waals surface area contributed by atoms with Gasteiger partial charge in [0.05, 0.1) is 12.2 Å². The summed E-state index contributed by atoms with van der Waals surface area (Å²) in [5, 5.41) is 2.73. The molecule has 0 bridgehead atoms. The largest absolute Gasteiger partial charge is 0.347 e. The Labute approximate surface area is 117 Å². The number of aromatic nitrogens is 2. The molecule has 1 aliphatic rings. The molecule has 0 aliphatic heterocycles. The molecule has 6 nitrogen and oxygen atoms in total. The van der Waals surface area contributed by atoms with Crippen LogP contribution < -0.4 is 10.9 Å². The first-order valence-corrected chi connectivity index (χ1v) is 6.74. The van der Waals surface area contributed by atoms with Crippen LogP contribution in [0.15, 0.2) is 23.0 Å². The third kappa shape index (κ3) is 4.62. The van der Waals surface area contributed by atoms with Gasteiger partial charge < -0.3 is 15.2 Å². The number of rotatable bonds is 6. The summed E-state index contributed by atoms with van der Waals surface area (Å²) in [6.45, 7) is 0.983. The SMILES string of the molecule is CN(C)C/C=C/C(=O)NCc1cc(=O)[nH]c(C2CC2)n1. The van der Waals surface area contributed by atoms with Crippen LogP contribution in [0, 0.1) is 0 Å². The van der Waals surface area contributed by atoms with Crippen LogP contribution in [-0.4, -0.2) is 41.4 Å². The maximum atomic E-state index is 11.6. The minimum atomic E-state index is -0.179. The fraction of sp³-hybridized carbons (Fsp3) is 0.500. The van der Waals surface area contributed by atoms with Crippen molar-refractivity contribution in [2.24, 2.45) is 0 Å². The molecule has 0 aromatic carbocycles. The van der Waals surface area contributed by atoms with Gasteiger partial charge in [0.25, 0.3) is 5.56 Å². The van der Waals surface area contributed by atoms with Crippen LogP contribution in [0.1, 0.15) is 30.3 Å². The maximum absolute atomic E-state index is 11.6. The third-order valence-corrected chi connectivity index (χ3v) is 2.96. The van der Waals surface area contributed by atoms with Crippen molar-refractivity contribution in [3.63, 3.8) is 0 Å². The maximum Gasteiger partial charge on any atom is 0.251 e. The van der Waals surface area contributed by atoms with Gasteiger partial charge in [0.2, 0.25) is 5.91 Å². The van der Waals surface area contributed by atoms with Gasteiger partial charge in [-0.2, -0.15) is 0 Å². The van der Waals surface area contributed by atoms with Crippen molar-refractivity contribution in [1.82, 2.24) is 20.2 Å². The molecule has 108 valence electrons. The average Bonchev–Trinajstić information content (AvgIpc) is 3.19. The quantitative estimate of drug-likeness (QED) is 0.736. The molecule has 1 aromatic rings. The Morgan fingerprint density at radius 1 is 1.55 bits per heavy atom. The number of hydrogen-bond acceptors (Lipinski definition) is 4. The molecule has 0 radical (unpaired) electrons. The van der Waals surface area contributed by atoms with Crippen molar-refractivity contribution in [3.8, 4) is 0 Å². The van der Waals surface area contributed by atoms with Crippen LogP contribution in [0.25, 0.3) is 0 Å². The molecule has 1 fully saturated rings. The number of nitrogens with zero attached hydrogens (tertiary/aromatic N) is 2. The van der Waals surface area contributed by atoms with E-state index < -0.39 is 0 Å². The Hall–Kier alpha value is -1.95. The number of carbonyl (C=O) groups is 1. The first-order valence-electron chi connectivity index (χ1n) is 6.74. The van der Waals surface area contributed by atoms with Gasteiger partial charge in [-0.3, -0.25) is 9.59 Å². The van der Waals surface area contributed by atoms with Crippen molar-refractivity contribution in [2.45, 2.75) is 25.3 Å². The van der Waals surface area contributed by atoms with Crippen molar-refractivity contribution in [3.05, 3.63) is 40.1 Å². The van der Waals surface area contributed by atoms with Crippen molar-refractivity contribution in [1.29, 1.82) is 0 Å². The Balaban J connectivity index is 1.88. The van der Waals surface area contributed by atoms with E-state index >= 15 is 0 Å². The smallest absolute Gasteiger partial charge is 0.251 e. The molecular formula is C14H20N4O2. The highest BCUT2D eigenvalue weighted by Gasteiger charge is 2.26. The van der Waals surface area contributed by atoms with Gasteiger partial charge in [-0.05, 0) is 26.9 Å². The van der Waals surface area contributed by atoms with Crippen molar-refractivity contribution >= 4 is 5.91 Å². The van der Waals surface area contributed by atoms with Gasteiger partial charge in [0.1, 0.15) is 5.82 Å². The van der Waals surface area contributed by atoms with Gasteiger partial charge in [0.15, 0.2) is 0 Å². The van der Waals surface area contributed by atoms with E-state index in [2.05, 4.69) is 15.3 Å². The van der Waals surface area contributed by atoms with E-state index in [1.54, 1.807) is 6.08 Å². The second-order valence-corrected chi connectivity index (χ2v) is 5.28. The molecule has 0 atom stereocenters. The number of carbonyl (C=O) groups excluding carboxylic acids is 1. The molecule has 0 spiro atoms. The first-order chi connectivity index (χ1) is 9.54. The summed E-state index contributed by atoms with van der Waals surface area (Å²) in [4.78, 5) is 32.2. The predicted molar refractivity (Wildman–Crippen MR) is 76.4 cm³/mol. The lowest BCUT2D eigenvalue weighted by Gasteiger charge is -2.05. The van der Waals surface area contributed by atoms with E-state index in [-0.39, 0.29) is 18.0 Å². The zero-order valence-electron chi connectivity index (χ0n) is 11.8. The lowest BCUT2D eigenvalue weighted by Crippen LogP contribution is -2.23. The fourth-order valence-corrected chi connectivity index (χ4v) is 1.78. The molecule has 6 heteroatoms. The molecule has 2 N–H and O–H groups in total. The summed E-state index contributed by atoms with van der Waals surface area (Å²) >= 11 is 0. The standard InChI is InChI=1S/C14H20N4O2/c1-18(2)7-3-4-12(19)15-9-11-8-13(20)17-14(16-11)10-5-6-10/h3-4,8,10H,5-7,9H2,1-2H3,(H,15,19)(H,16,17,20)/b4-3+. The summed E-state index contributed by atoms with van der Waals surface area (Å²) in [5.74, 6) is 0.949. The second-order valence-electron chi connectivity index (χ2n) is 5.28. The average molecular weight is 276 g/mol. The normalized spacial score (nSPS) is 14.9. The van der Waals surface area contributed by atoms with Gasteiger partial charge in [-0.15, -0.1) is 0 Å². The molecule has 2 rings (SSSR count). The Morgan fingerprint density at radius 2 is 2.30 bits per heavy atom. The number of amides is 1. The lowest BCUT2D eigenvalue weighted by atomic mass is 10.3. The summed E-state index contributed by atoms with van der Waals surface area (Å²) in [6.07, 6.45) is 5.43. The van der Waals surface area contributed by atoms with Crippen LogP contribution in [-0.2, 0) is 11.3 Å². The molecule has 1 saturated carbocycles. The summed E-state index contributed by atoms with van der Waals surface area (Å²) < 4.78 is 0. The fourth-order valence-electron chi connectivity index (χ4n) is 1.78. The first kappa shape index (κ1) is 14.5. The molecule has 1 aromatic heterocycles. The molecule has 1 aliphatic carbocycles. The van der Waals surface area contributed by atoms with Crippen LogP contribution in [0.3, 0.4) is 0 Å². The van der Waals surface area contributed by atoms with Crippen LogP contribution in [0.4, 0.5) is 0 Å². The second kappa shape index (κ2) is 6.47. The minimum Gasteiger partial charge on any atom is -0.347 e. The monoisotopic (exact) mass is 276 g/mol.